The van der Waals surface area contributed by atoms with Gasteiger partial charge in [-0.05, 0) is 57.1 Å². The average Bonchev–Trinajstić information content (AvgIpc) is 2.66. The van der Waals surface area contributed by atoms with E-state index in [1.54, 1.807) is 6.07 Å². The number of aryl methyl sites for hydroxylation is 1. The summed E-state index contributed by atoms with van der Waals surface area (Å²) in [6.07, 6.45) is 3.26. The number of likely N-dealkylation sites (N-methyl/N-ethyl adjacent to an activating group) is 1. The van der Waals surface area contributed by atoms with Gasteiger partial charge in [0.15, 0.2) is 0 Å². The Bertz CT molecular complexity index is 562. The third-order valence-corrected chi connectivity index (χ3v) is 3.85. The van der Waals surface area contributed by atoms with Crippen molar-refractivity contribution in [3.05, 3.63) is 35.3 Å². The first-order valence-electron chi connectivity index (χ1n) is 6.10. The Labute approximate surface area is 113 Å². The van der Waals surface area contributed by atoms with Crippen molar-refractivity contribution in [3.63, 3.8) is 0 Å². The number of rotatable bonds is 1. The zero-order chi connectivity index (χ0) is 12.0. The summed E-state index contributed by atoms with van der Waals surface area (Å²) < 4.78 is 13.3. The predicted octanol–water partition coefficient (Wildman–Crippen LogP) is 3.15. The van der Waals surface area contributed by atoms with E-state index in [0.29, 0.717) is 6.04 Å². The molecule has 98 valence electrons. The Morgan fingerprint density at radius 2 is 2.11 bits per heavy atom. The van der Waals surface area contributed by atoms with Gasteiger partial charge < -0.3 is 9.88 Å². The van der Waals surface area contributed by atoms with Crippen LogP contribution in [0.2, 0.25) is 0 Å². The van der Waals surface area contributed by atoms with Crippen molar-refractivity contribution in [1.29, 1.82) is 0 Å². The molecule has 1 heterocycles. The fourth-order valence-electron chi connectivity index (χ4n) is 2.81. The monoisotopic (exact) mass is 268 g/mol. The first-order valence-corrected chi connectivity index (χ1v) is 6.10. The van der Waals surface area contributed by atoms with Crippen molar-refractivity contribution < 1.29 is 4.39 Å². The van der Waals surface area contributed by atoms with Crippen LogP contribution in [0.3, 0.4) is 0 Å². The van der Waals surface area contributed by atoms with Crippen LogP contribution in [0.1, 0.15) is 17.7 Å². The van der Waals surface area contributed by atoms with Gasteiger partial charge in [-0.3, -0.25) is 0 Å². The van der Waals surface area contributed by atoms with Crippen LogP contribution in [0.5, 0.6) is 0 Å². The second kappa shape index (κ2) is 4.90. The number of hydrogen-bond acceptors (Lipinski definition) is 1. The Kier molecular flexibility index (Phi) is 3.64. The first-order chi connectivity index (χ1) is 8.15. The molecule has 18 heavy (non-hydrogen) atoms. The minimum absolute atomic E-state index is 0. The third kappa shape index (κ3) is 2.13. The average molecular weight is 269 g/mol. The Morgan fingerprint density at radius 3 is 2.83 bits per heavy atom. The van der Waals surface area contributed by atoms with Gasteiger partial charge in [0.1, 0.15) is 5.82 Å². The number of aromatic nitrogens is 1. The highest BCUT2D eigenvalue weighted by molar-refractivity contribution is 5.85. The number of hydrogen-bond donors (Lipinski definition) is 1. The molecule has 1 aromatic heterocycles. The molecular formula is C14H18ClFN2. The van der Waals surface area contributed by atoms with E-state index in [4.69, 9.17) is 0 Å². The van der Waals surface area contributed by atoms with E-state index in [1.807, 2.05) is 6.07 Å². The molecule has 1 unspecified atom stereocenters. The van der Waals surface area contributed by atoms with Crippen molar-refractivity contribution in [3.8, 4) is 0 Å². The van der Waals surface area contributed by atoms with Crippen molar-refractivity contribution in [1.82, 2.24) is 9.88 Å². The van der Waals surface area contributed by atoms with E-state index in [1.165, 1.54) is 23.7 Å². The Hall–Kier alpha value is -1.06. The summed E-state index contributed by atoms with van der Waals surface area (Å²) in [5, 5.41) is 1.06. The molecule has 3 rings (SSSR count). The van der Waals surface area contributed by atoms with Gasteiger partial charge in [-0.1, -0.05) is 0 Å². The topological polar surface area (TPSA) is 19.0 Å². The first kappa shape index (κ1) is 13.4. The molecule has 1 aliphatic carbocycles. The van der Waals surface area contributed by atoms with E-state index in [2.05, 4.69) is 24.0 Å². The van der Waals surface area contributed by atoms with E-state index in [-0.39, 0.29) is 18.2 Å². The summed E-state index contributed by atoms with van der Waals surface area (Å²) >= 11 is 0. The summed E-state index contributed by atoms with van der Waals surface area (Å²) in [7, 11) is 4.23. The van der Waals surface area contributed by atoms with Crippen molar-refractivity contribution in [2.24, 2.45) is 0 Å². The summed E-state index contributed by atoms with van der Waals surface area (Å²) in [6.45, 7) is 0. The van der Waals surface area contributed by atoms with E-state index >= 15 is 0 Å². The highest BCUT2D eigenvalue weighted by atomic mass is 35.5. The molecule has 1 aromatic carbocycles. The van der Waals surface area contributed by atoms with Crippen molar-refractivity contribution >= 4 is 23.3 Å². The third-order valence-electron chi connectivity index (χ3n) is 3.85. The number of halogens is 2. The van der Waals surface area contributed by atoms with Crippen LogP contribution in [0.4, 0.5) is 4.39 Å². The number of nitrogens with zero attached hydrogens (tertiary/aromatic N) is 1. The summed E-state index contributed by atoms with van der Waals surface area (Å²) in [4.78, 5) is 5.68. The molecule has 0 aliphatic heterocycles. The molecule has 2 nitrogen and oxygen atoms in total. The lowest BCUT2D eigenvalue weighted by Crippen LogP contribution is -2.33. The molecule has 1 aliphatic rings. The smallest absolute Gasteiger partial charge is 0.123 e. The van der Waals surface area contributed by atoms with Gasteiger partial charge in [0.2, 0.25) is 0 Å². The number of H-pyrrole nitrogens is 1. The zero-order valence-corrected chi connectivity index (χ0v) is 11.5. The highest BCUT2D eigenvalue weighted by Crippen LogP contribution is 2.30. The molecule has 0 amide bonds. The fraction of sp³-hybridized carbons (Fsp3) is 0.429. The van der Waals surface area contributed by atoms with Gasteiger partial charge in [-0.25, -0.2) is 4.39 Å². The largest absolute Gasteiger partial charge is 0.358 e. The van der Waals surface area contributed by atoms with Crippen LogP contribution in [0.15, 0.2) is 18.2 Å². The zero-order valence-electron chi connectivity index (χ0n) is 10.7. The lowest BCUT2D eigenvalue weighted by Gasteiger charge is -2.28. The number of nitrogens with one attached hydrogen (secondary N) is 1. The van der Waals surface area contributed by atoms with Crippen LogP contribution < -0.4 is 0 Å². The van der Waals surface area contributed by atoms with E-state index < -0.39 is 0 Å². The van der Waals surface area contributed by atoms with Crippen molar-refractivity contribution in [2.75, 3.05) is 14.1 Å². The molecule has 1 atom stereocenters. The standard InChI is InChI=1S/C14H17FN2.ClH/c1-17(2)10-4-6-14-12(8-10)11-7-9(15)3-5-13(11)16-14;/h3,5,7,10,16H,4,6,8H2,1-2H3;1H. The van der Waals surface area contributed by atoms with E-state index in [9.17, 15) is 4.39 Å². The van der Waals surface area contributed by atoms with Crippen LogP contribution in [0.25, 0.3) is 10.9 Å². The fourth-order valence-corrected chi connectivity index (χ4v) is 2.81. The van der Waals surface area contributed by atoms with Gasteiger partial charge in [0.25, 0.3) is 0 Å². The molecule has 0 radical (unpaired) electrons. The molecule has 2 aromatic rings. The van der Waals surface area contributed by atoms with Crippen LogP contribution >= 0.6 is 12.4 Å². The SMILES string of the molecule is CN(C)C1CCc2[nH]c3ccc(F)cc3c2C1.Cl. The van der Waals surface area contributed by atoms with E-state index in [0.717, 1.165) is 23.7 Å². The lowest BCUT2D eigenvalue weighted by molar-refractivity contribution is 0.268. The van der Waals surface area contributed by atoms with Gasteiger partial charge in [-0.15, -0.1) is 12.4 Å². The Morgan fingerprint density at radius 1 is 1.33 bits per heavy atom. The molecule has 0 saturated heterocycles. The molecule has 4 heteroatoms. The molecule has 1 N–H and O–H groups in total. The van der Waals surface area contributed by atoms with Crippen LogP contribution in [-0.2, 0) is 12.8 Å². The second-order valence-electron chi connectivity index (χ2n) is 5.13. The van der Waals surface area contributed by atoms with Gasteiger partial charge in [-0.2, -0.15) is 0 Å². The maximum Gasteiger partial charge on any atom is 0.123 e. The maximum atomic E-state index is 13.3. The van der Waals surface area contributed by atoms with Gasteiger partial charge >= 0.3 is 0 Å². The molecule has 0 spiro atoms. The maximum absolute atomic E-state index is 13.3. The Balaban J connectivity index is 0.00000120. The van der Waals surface area contributed by atoms with Crippen LogP contribution in [-0.4, -0.2) is 30.0 Å². The second-order valence-corrected chi connectivity index (χ2v) is 5.13. The van der Waals surface area contributed by atoms with Gasteiger partial charge in [0.05, 0.1) is 0 Å². The number of fused-ring (bicyclic) bond motifs is 3. The quantitative estimate of drug-likeness (QED) is 0.842. The molecule has 0 saturated carbocycles. The highest BCUT2D eigenvalue weighted by Gasteiger charge is 2.23. The van der Waals surface area contributed by atoms with Crippen LogP contribution in [0, 0.1) is 5.82 Å². The summed E-state index contributed by atoms with van der Waals surface area (Å²) in [6, 6.07) is 5.59. The lowest BCUT2D eigenvalue weighted by atomic mass is 9.91. The van der Waals surface area contributed by atoms with Crippen molar-refractivity contribution in [2.45, 2.75) is 25.3 Å². The minimum Gasteiger partial charge on any atom is -0.358 e. The predicted molar refractivity (Wildman–Crippen MR) is 75.0 cm³/mol. The number of aromatic amines is 1. The minimum atomic E-state index is -0.147. The molecule has 0 bridgehead atoms. The normalized spacial score (nSPS) is 18.8. The molecule has 0 fully saturated rings. The molecular weight excluding hydrogens is 251 g/mol. The summed E-state index contributed by atoms with van der Waals surface area (Å²) in [5.41, 5.74) is 3.67. The van der Waals surface area contributed by atoms with Gasteiger partial charge in [0, 0.05) is 22.6 Å². The number of benzene rings is 1. The summed E-state index contributed by atoms with van der Waals surface area (Å²) in [5.74, 6) is -0.147.